The van der Waals surface area contributed by atoms with E-state index in [9.17, 15) is 9.59 Å². The van der Waals surface area contributed by atoms with Crippen LogP contribution in [0.15, 0.2) is 40.9 Å². The Morgan fingerprint density at radius 3 is 2.57 bits per heavy atom. The zero-order valence-electron chi connectivity index (χ0n) is 17.2. The van der Waals surface area contributed by atoms with Gasteiger partial charge in [-0.1, -0.05) is 34.1 Å². The molecule has 3 aromatic rings. The van der Waals surface area contributed by atoms with Crippen molar-refractivity contribution in [1.29, 1.82) is 0 Å². The average Bonchev–Trinajstić information content (AvgIpc) is 3.03. The Kier molecular flexibility index (Phi) is 5.10. The Balaban J connectivity index is 1.65. The zero-order chi connectivity index (χ0) is 21.6. The van der Waals surface area contributed by atoms with Crippen molar-refractivity contribution in [3.05, 3.63) is 52.0 Å². The minimum atomic E-state index is -0.500. The van der Waals surface area contributed by atoms with Crippen LogP contribution in [-0.2, 0) is 4.74 Å². The van der Waals surface area contributed by atoms with Crippen molar-refractivity contribution >= 4 is 55.3 Å². The largest absolute Gasteiger partial charge is 0.444 e. The van der Waals surface area contributed by atoms with Crippen molar-refractivity contribution in [2.24, 2.45) is 5.73 Å². The molecule has 1 aliphatic rings. The molecule has 0 bridgehead atoms. The van der Waals surface area contributed by atoms with Crippen LogP contribution in [0.5, 0.6) is 0 Å². The molecule has 6 nitrogen and oxygen atoms in total. The maximum Gasteiger partial charge on any atom is 0.410 e. The fourth-order valence-electron chi connectivity index (χ4n) is 3.79. The number of hydrogen-bond donors (Lipinski definition) is 2. The second-order valence-corrected chi connectivity index (χ2v) is 9.45. The number of hydrogen-bond acceptors (Lipinski definition) is 3. The van der Waals surface area contributed by atoms with Crippen molar-refractivity contribution < 1.29 is 14.3 Å². The smallest absolute Gasteiger partial charge is 0.410 e. The van der Waals surface area contributed by atoms with Crippen LogP contribution >= 0.6 is 15.9 Å². The molecule has 4 rings (SSSR count). The van der Waals surface area contributed by atoms with Gasteiger partial charge in [-0.05, 0) is 56.5 Å². The number of aromatic nitrogens is 1. The van der Waals surface area contributed by atoms with Crippen LogP contribution in [0.2, 0.25) is 0 Å². The lowest BCUT2D eigenvalue weighted by molar-refractivity contribution is 0.0270. The third kappa shape index (κ3) is 3.94. The average molecular weight is 470 g/mol. The molecule has 156 valence electrons. The molecular weight excluding hydrogens is 446 g/mol. The molecule has 0 unspecified atom stereocenters. The molecule has 0 fully saturated rings. The number of primary amides is 1. The number of amides is 2. The molecule has 1 aliphatic heterocycles. The summed E-state index contributed by atoms with van der Waals surface area (Å²) in [6.07, 6.45) is 2.54. The van der Waals surface area contributed by atoms with Crippen LogP contribution in [0.4, 0.5) is 4.79 Å². The first-order valence-corrected chi connectivity index (χ1v) is 10.6. The van der Waals surface area contributed by atoms with Crippen molar-refractivity contribution in [3.8, 4) is 0 Å². The standard InChI is InChI=1S/C23H24BrN3O3/c1-23(2,3)30-22(29)27-8-6-13(7-9-27)14-4-5-16-17-11-15(24)12-18(21(25)28)20(17)26-19(16)10-14/h4-6,10-12,26H,7-9H2,1-3H3,(H2,25,28). The molecule has 0 atom stereocenters. The number of nitrogens with zero attached hydrogens (tertiary/aromatic N) is 1. The molecule has 0 radical (unpaired) electrons. The molecule has 0 saturated carbocycles. The summed E-state index contributed by atoms with van der Waals surface area (Å²) >= 11 is 3.46. The van der Waals surface area contributed by atoms with Crippen molar-refractivity contribution in [3.63, 3.8) is 0 Å². The summed E-state index contributed by atoms with van der Waals surface area (Å²) in [6, 6.07) is 9.94. The maximum atomic E-state index is 12.3. The molecule has 0 saturated heterocycles. The Morgan fingerprint density at radius 1 is 1.17 bits per heavy atom. The van der Waals surface area contributed by atoms with Gasteiger partial charge in [0.05, 0.1) is 11.1 Å². The Hall–Kier alpha value is -2.80. The molecule has 2 aromatic carbocycles. The highest BCUT2D eigenvalue weighted by atomic mass is 79.9. The third-order valence-electron chi connectivity index (χ3n) is 5.17. The number of benzene rings is 2. The third-order valence-corrected chi connectivity index (χ3v) is 5.63. The Morgan fingerprint density at radius 2 is 1.93 bits per heavy atom. The first-order valence-electron chi connectivity index (χ1n) is 9.84. The highest BCUT2D eigenvalue weighted by Crippen LogP contribution is 2.33. The van der Waals surface area contributed by atoms with Crippen LogP contribution in [0, 0.1) is 0 Å². The van der Waals surface area contributed by atoms with E-state index in [1.54, 1.807) is 11.0 Å². The number of fused-ring (bicyclic) bond motifs is 3. The van der Waals surface area contributed by atoms with E-state index in [2.05, 4.69) is 45.2 Å². The predicted octanol–water partition coefficient (Wildman–Crippen LogP) is 5.21. The summed E-state index contributed by atoms with van der Waals surface area (Å²) in [4.78, 5) is 29.2. The molecule has 7 heteroatoms. The van der Waals surface area contributed by atoms with Gasteiger partial charge >= 0.3 is 6.09 Å². The minimum Gasteiger partial charge on any atom is -0.444 e. The van der Waals surface area contributed by atoms with Gasteiger partial charge in [0.2, 0.25) is 0 Å². The summed E-state index contributed by atoms with van der Waals surface area (Å²) in [7, 11) is 0. The topological polar surface area (TPSA) is 88.4 Å². The van der Waals surface area contributed by atoms with Crippen LogP contribution < -0.4 is 5.73 Å². The number of halogens is 1. The first-order chi connectivity index (χ1) is 14.1. The van der Waals surface area contributed by atoms with Gasteiger partial charge in [0, 0.05) is 33.9 Å². The van der Waals surface area contributed by atoms with Gasteiger partial charge in [0.1, 0.15) is 5.60 Å². The normalized spacial score (nSPS) is 14.8. The van der Waals surface area contributed by atoms with E-state index in [-0.39, 0.29) is 6.09 Å². The maximum absolute atomic E-state index is 12.3. The van der Waals surface area contributed by atoms with Crippen molar-refractivity contribution in [2.75, 3.05) is 13.1 Å². The summed E-state index contributed by atoms with van der Waals surface area (Å²) in [6.45, 7) is 6.74. The molecule has 3 N–H and O–H groups in total. The van der Waals surface area contributed by atoms with E-state index in [1.165, 1.54) is 5.57 Å². The number of ether oxygens (including phenoxy) is 1. The molecule has 0 aliphatic carbocycles. The number of nitrogens with two attached hydrogens (primary N) is 1. The fraction of sp³-hybridized carbons (Fsp3) is 0.304. The molecule has 2 amide bonds. The van der Waals surface area contributed by atoms with E-state index < -0.39 is 11.5 Å². The van der Waals surface area contributed by atoms with Crippen molar-refractivity contribution in [1.82, 2.24) is 9.88 Å². The van der Waals surface area contributed by atoms with E-state index in [4.69, 9.17) is 10.5 Å². The van der Waals surface area contributed by atoms with Gasteiger partial charge in [0.25, 0.3) is 5.91 Å². The predicted molar refractivity (Wildman–Crippen MR) is 122 cm³/mol. The number of rotatable bonds is 2. The lowest BCUT2D eigenvalue weighted by atomic mass is 9.98. The number of carbonyl (C=O) groups is 2. The van der Waals surface area contributed by atoms with E-state index >= 15 is 0 Å². The van der Waals surface area contributed by atoms with Gasteiger partial charge in [-0.25, -0.2) is 4.79 Å². The summed E-state index contributed by atoms with van der Waals surface area (Å²) in [5.74, 6) is -0.467. The lowest BCUT2D eigenvalue weighted by Crippen LogP contribution is -2.39. The second-order valence-electron chi connectivity index (χ2n) is 8.53. The van der Waals surface area contributed by atoms with E-state index in [1.807, 2.05) is 26.8 Å². The highest BCUT2D eigenvalue weighted by Gasteiger charge is 2.24. The van der Waals surface area contributed by atoms with E-state index in [0.717, 1.165) is 38.3 Å². The number of carbonyl (C=O) groups excluding carboxylic acids is 2. The van der Waals surface area contributed by atoms with Crippen molar-refractivity contribution in [2.45, 2.75) is 32.8 Å². The lowest BCUT2D eigenvalue weighted by Gasteiger charge is -2.29. The monoisotopic (exact) mass is 469 g/mol. The second kappa shape index (κ2) is 7.47. The Bertz CT molecular complexity index is 1200. The summed E-state index contributed by atoms with van der Waals surface area (Å²) in [5, 5.41) is 1.98. The molecule has 30 heavy (non-hydrogen) atoms. The van der Waals surface area contributed by atoms with Gasteiger partial charge in [-0.3, -0.25) is 4.79 Å². The fourth-order valence-corrected chi connectivity index (χ4v) is 4.25. The molecule has 1 aromatic heterocycles. The highest BCUT2D eigenvalue weighted by molar-refractivity contribution is 9.10. The molecule has 2 heterocycles. The number of H-pyrrole nitrogens is 1. The zero-order valence-corrected chi connectivity index (χ0v) is 18.8. The van der Waals surface area contributed by atoms with Gasteiger partial charge in [-0.2, -0.15) is 0 Å². The quantitative estimate of drug-likeness (QED) is 0.539. The van der Waals surface area contributed by atoms with Gasteiger partial charge < -0.3 is 20.4 Å². The minimum absolute atomic E-state index is 0.284. The molecule has 0 spiro atoms. The van der Waals surface area contributed by atoms with Crippen LogP contribution in [-0.4, -0.2) is 40.6 Å². The van der Waals surface area contributed by atoms with Crippen LogP contribution in [0.25, 0.3) is 27.4 Å². The van der Waals surface area contributed by atoms with E-state index in [0.29, 0.717) is 18.7 Å². The van der Waals surface area contributed by atoms with Crippen LogP contribution in [0.3, 0.4) is 0 Å². The Labute approximate surface area is 183 Å². The summed E-state index contributed by atoms with van der Waals surface area (Å²) in [5.41, 5.74) is 9.49. The summed E-state index contributed by atoms with van der Waals surface area (Å²) < 4.78 is 6.27. The molecular formula is C23H24BrN3O3. The number of aromatic amines is 1. The SMILES string of the molecule is CC(C)(C)OC(=O)N1CC=C(c2ccc3c(c2)[nH]c2c(C(N)=O)cc(Br)cc23)CC1. The number of nitrogens with one attached hydrogen (secondary N) is 1. The van der Waals surface area contributed by atoms with Crippen LogP contribution in [0.1, 0.15) is 43.1 Å². The van der Waals surface area contributed by atoms with Gasteiger partial charge in [0.15, 0.2) is 0 Å². The van der Waals surface area contributed by atoms with Gasteiger partial charge in [-0.15, -0.1) is 0 Å². The first kappa shape index (κ1) is 20.5.